The van der Waals surface area contributed by atoms with Gasteiger partial charge in [0.1, 0.15) is 5.75 Å². The Labute approximate surface area is 109 Å². The number of rotatable bonds is 3. The lowest BCUT2D eigenvalue weighted by atomic mass is 10.1. The van der Waals surface area contributed by atoms with Gasteiger partial charge in [0, 0.05) is 6.92 Å². The van der Waals surface area contributed by atoms with Gasteiger partial charge in [0.2, 0.25) is 0 Å². The quantitative estimate of drug-likeness (QED) is 0.846. The van der Waals surface area contributed by atoms with Crippen LogP contribution in [0, 0.1) is 11.8 Å². The molecule has 1 aromatic carbocycles. The van der Waals surface area contributed by atoms with Crippen LogP contribution in [0.15, 0.2) is 18.2 Å². The van der Waals surface area contributed by atoms with Crippen LogP contribution in [0.3, 0.4) is 0 Å². The number of methoxy groups -OCH3 is 1. The number of carboxylic acids is 1. The molecule has 0 bridgehead atoms. The highest BCUT2D eigenvalue weighted by molar-refractivity contribution is 8.13. The molecule has 1 N–H and O–H groups in total. The number of benzene rings is 1. The van der Waals surface area contributed by atoms with Crippen molar-refractivity contribution < 1.29 is 19.4 Å². The molecule has 0 aliphatic heterocycles. The van der Waals surface area contributed by atoms with Gasteiger partial charge in [-0.1, -0.05) is 23.6 Å². The predicted molar refractivity (Wildman–Crippen MR) is 70.0 cm³/mol. The maximum absolute atomic E-state index is 10.8. The topological polar surface area (TPSA) is 63.6 Å². The molecule has 0 aromatic heterocycles. The van der Waals surface area contributed by atoms with Gasteiger partial charge in [-0.2, -0.15) is 0 Å². The van der Waals surface area contributed by atoms with Gasteiger partial charge in [0.25, 0.3) is 0 Å². The standard InChI is InChI=1S/C13H12O4S/c1-9(14)18-7-3-4-10-8-11(13(15)16)5-6-12(10)17-2/h5-6,8H,7H2,1-2H3,(H,15,16). The van der Waals surface area contributed by atoms with Crippen LogP contribution in [0.1, 0.15) is 22.8 Å². The second kappa shape index (κ2) is 6.72. The van der Waals surface area contributed by atoms with Crippen LogP contribution in [-0.2, 0) is 4.79 Å². The summed E-state index contributed by atoms with van der Waals surface area (Å²) in [6, 6.07) is 4.47. The number of thioether (sulfide) groups is 1. The molecule has 0 saturated heterocycles. The average molecular weight is 264 g/mol. The second-order valence-electron chi connectivity index (χ2n) is 3.30. The lowest BCUT2D eigenvalue weighted by Gasteiger charge is -2.03. The molecule has 0 radical (unpaired) electrons. The van der Waals surface area contributed by atoms with Crippen molar-refractivity contribution in [2.45, 2.75) is 6.92 Å². The predicted octanol–water partition coefficient (Wildman–Crippen LogP) is 2.02. The highest BCUT2D eigenvalue weighted by Crippen LogP contribution is 2.18. The van der Waals surface area contributed by atoms with Crippen LogP contribution < -0.4 is 4.74 Å². The summed E-state index contributed by atoms with van der Waals surface area (Å²) in [7, 11) is 1.49. The number of hydrogen-bond donors (Lipinski definition) is 1. The molecule has 0 saturated carbocycles. The molecule has 5 heteroatoms. The average Bonchev–Trinajstić information content (AvgIpc) is 2.34. The van der Waals surface area contributed by atoms with Gasteiger partial charge in [-0.15, -0.1) is 0 Å². The molecule has 0 aliphatic carbocycles. The van der Waals surface area contributed by atoms with Crippen molar-refractivity contribution in [2.75, 3.05) is 12.9 Å². The van der Waals surface area contributed by atoms with Crippen molar-refractivity contribution in [3.63, 3.8) is 0 Å². The van der Waals surface area contributed by atoms with E-state index in [0.29, 0.717) is 17.1 Å². The molecule has 1 aromatic rings. The van der Waals surface area contributed by atoms with E-state index in [2.05, 4.69) is 11.8 Å². The van der Waals surface area contributed by atoms with E-state index in [0.717, 1.165) is 11.8 Å². The van der Waals surface area contributed by atoms with Crippen LogP contribution >= 0.6 is 11.8 Å². The van der Waals surface area contributed by atoms with Gasteiger partial charge in [-0.3, -0.25) is 4.79 Å². The first-order valence-corrected chi connectivity index (χ1v) is 6.06. The SMILES string of the molecule is COc1ccc(C(=O)O)cc1C#CCSC(C)=O. The summed E-state index contributed by atoms with van der Waals surface area (Å²) >= 11 is 1.10. The zero-order chi connectivity index (χ0) is 13.5. The monoisotopic (exact) mass is 264 g/mol. The van der Waals surface area contributed by atoms with E-state index in [1.165, 1.54) is 26.2 Å². The smallest absolute Gasteiger partial charge is 0.335 e. The van der Waals surface area contributed by atoms with Crippen molar-refractivity contribution >= 4 is 22.8 Å². The van der Waals surface area contributed by atoms with Crippen LogP contribution in [0.5, 0.6) is 5.75 Å². The molecule has 0 atom stereocenters. The van der Waals surface area contributed by atoms with Gasteiger partial charge in [0.15, 0.2) is 5.12 Å². The first-order chi connectivity index (χ1) is 8.54. The van der Waals surface area contributed by atoms with Gasteiger partial charge in [0.05, 0.1) is 24.0 Å². The van der Waals surface area contributed by atoms with E-state index < -0.39 is 5.97 Å². The number of carbonyl (C=O) groups excluding carboxylic acids is 1. The lowest BCUT2D eigenvalue weighted by molar-refractivity contribution is -0.109. The summed E-state index contributed by atoms with van der Waals surface area (Å²) in [5.74, 6) is 5.47. The Bertz CT molecular complexity index is 526. The fourth-order valence-electron chi connectivity index (χ4n) is 1.21. The number of carbonyl (C=O) groups is 2. The minimum atomic E-state index is -1.01. The first kappa shape index (κ1) is 14.1. The van der Waals surface area contributed by atoms with Crippen molar-refractivity contribution in [3.05, 3.63) is 29.3 Å². The molecule has 1 rings (SSSR count). The van der Waals surface area contributed by atoms with Gasteiger partial charge in [-0.05, 0) is 18.2 Å². The molecular weight excluding hydrogens is 252 g/mol. The number of aromatic carboxylic acids is 1. The van der Waals surface area contributed by atoms with E-state index in [4.69, 9.17) is 9.84 Å². The van der Waals surface area contributed by atoms with Crippen LogP contribution in [0.2, 0.25) is 0 Å². The number of carboxylic acid groups (broad SMARTS) is 1. The summed E-state index contributed by atoms with van der Waals surface area (Å²) in [4.78, 5) is 21.5. The summed E-state index contributed by atoms with van der Waals surface area (Å²) in [5.41, 5.74) is 0.654. The molecule has 0 unspecified atom stereocenters. The van der Waals surface area contributed by atoms with Crippen LogP contribution in [-0.4, -0.2) is 29.1 Å². The Kier molecular flexibility index (Phi) is 5.28. The molecule has 94 valence electrons. The van der Waals surface area contributed by atoms with E-state index in [1.807, 2.05) is 0 Å². The second-order valence-corrected chi connectivity index (χ2v) is 4.45. The Morgan fingerprint density at radius 2 is 2.17 bits per heavy atom. The zero-order valence-corrected chi connectivity index (χ0v) is 10.8. The number of hydrogen-bond acceptors (Lipinski definition) is 4. The molecule has 18 heavy (non-hydrogen) atoms. The summed E-state index contributed by atoms with van der Waals surface area (Å²) < 4.78 is 5.09. The van der Waals surface area contributed by atoms with Crippen LogP contribution in [0.25, 0.3) is 0 Å². The summed E-state index contributed by atoms with van der Waals surface area (Å²) in [6.45, 7) is 1.47. The highest BCUT2D eigenvalue weighted by atomic mass is 32.2. The lowest BCUT2D eigenvalue weighted by Crippen LogP contribution is -1.98. The van der Waals surface area contributed by atoms with E-state index >= 15 is 0 Å². The van der Waals surface area contributed by atoms with Crippen molar-refractivity contribution in [2.24, 2.45) is 0 Å². The van der Waals surface area contributed by atoms with Crippen molar-refractivity contribution in [3.8, 4) is 17.6 Å². The van der Waals surface area contributed by atoms with Crippen molar-refractivity contribution in [1.82, 2.24) is 0 Å². The fourth-order valence-corrected chi connectivity index (χ4v) is 1.56. The summed E-state index contributed by atoms with van der Waals surface area (Å²) in [5, 5.41) is 8.88. The van der Waals surface area contributed by atoms with Crippen molar-refractivity contribution in [1.29, 1.82) is 0 Å². The Morgan fingerprint density at radius 3 is 2.72 bits per heavy atom. The molecule has 0 amide bonds. The fraction of sp³-hybridized carbons (Fsp3) is 0.231. The number of ether oxygens (including phenoxy) is 1. The molecule has 0 heterocycles. The third-order valence-electron chi connectivity index (χ3n) is 2.02. The molecular formula is C13H12O4S. The molecule has 4 nitrogen and oxygen atoms in total. The Morgan fingerprint density at radius 1 is 1.44 bits per heavy atom. The molecule has 0 aliphatic rings. The highest BCUT2D eigenvalue weighted by Gasteiger charge is 2.06. The normalized spacial score (nSPS) is 9.22. The van der Waals surface area contributed by atoms with Gasteiger partial charge >= 0.3 is 5.97 Å². The molecule has 0 spiro atoms. The summed E-state index contributed by atoms with van der Waals surface area (Å²) in [6.07, 6.45) is 0. The van der Waals surface area contributed by atoms with E-state index in [9.17, 15) is 9.59 Å². The van der Waals surface area contributed by atoms with Gasteiger partial charge in [-0.25, -0.2) is 4.79 Å². The third kappa shape index (κ3) is 4.15. The van der Waals surface area contributed by atoms with E-state index in [1.54, 1.807) is 6.07 Å². The minimum Gasteiger partial charge on any atom is -0.495 e. The minimum absolute atomic E-state index is 0.00412. The molecule has 0 fully saturated rings. The van der Waals surface area contributed by atoms with Gasteiger partial charge < -0.3 is 9.84 Å². The Hall–Kier alpha value is -1.93. The maximum atomic E-state index is 10.8. The first-order valence-electron chi connectivity index (χ1n) is 5.08. The Balaban J connectivity index is 2.94. The third-order valence-corrected chi connectivity index (χ3v) is 2.71. The van der Waals surface area contributed by atoms with Crippen LogP contribution in [0.4, 0.5) is 0 Å². The maximum Gasteiger partial charge on any atom is 0.335 e. The largest absolute Gasteiger partial charge is 0.495 e. The zero-order valence-electron chi connectivity index (χ0n) is 10.0. The van der Waals surface area contributed by atoms with E-state index in [-0.39, 0.29) is 10.7 Å².